The van der Waals surface area contributed by atoms with Crippen molar-refractivity contribution in [1.82, 2.24) is 9.88 Å². The molecule has 0 spiro atoms. The summed E-state index contributed by atoms with van der Waals surface area (Å²) < 4.78 is 1.16. The van der Waals surface area contributed by atoms with Crippen LogP contribution in [0.4, 0.5) is 0 Å². The first-order valence-corrected chi connectivity index (χ1v) is 8.10. The Bertz CT molecular complexity index is 512. The van der Waals surface area contributed by atoms with Crippen LogP contribution in [-0.2, 0) is 6.42 Å². The molecule has 1 aromatic carbocycles. The molecule has 1 aromatic heterocycles. The zero-order valence-corrected chi connectivity index (χ0v) is 13.5. The molecule has 1 fully saturated rings. The third-order valence-electron chi connectivity index (χ3n) is 3.63. The maximum atomic E-state index is 3.54. The molecule has 1 saturated heterocycles. The van der Waals surface area contributed by atoms with E-state index in [1.165, 1.54) is 48.9 Å². The van der Waals surface area contributed by atoms with Gasteiger partial charge in [-0.25, -0.2) is 0 Å². The van der Waals surface area contributed by atoms with Crippen molar-refractivity contribution in [3.05, 3.63) is 34.4 Å². The molecule has 0 unspecified atom stereocenters. The van der Waals surface area contributed by atoms with Crippen molar-refractivity contribution in [1.29, 1.82) is 0 Å². The van der Waals surface area contributed by atoms with Gasteiger partial charge < -0.3 is 9.88 Å². The van der Waals surface area contributed by atoms with E-state index in [0.717, 1.165) is 10.9 Å². The van der Waals surface area contributed by atoms with Gasteiger partial charge in [0.15, 0.2) is 0 Å². The molecule has 3 heteroatoms. The van der Waals surface area contributed by atoms with Crippen LogP contribution in [0.1, 0.15) is 32.3 Å². The Labute approximate surface area is 124 Å². The van der Waals surface area contributed by atoms with Crippen LogP contribution in [0.25, 0.3) is 10.9 Å². The predicted molar refractivity (Wildman–Crippen MR) is 86.7 cm³/mol. The van der Waals surface area contributed by atoms with Crippen LogP contribution in [-0.4, -0.2) is 29.5 Å². The maximum Gasteiger partial charge on any atom is 0.0457 e. The number of nitrogens with zero attached hydrogens (tertiary/aromatic N) is 1. The standard InChI is InChI=1S/C14H17BrN2.C2H6/c15-12-3-4-14-13(9-12)11(10-16-14)5-8-17-6-1-2-7-17;1-2/h3-4,9-10,16H,1-2,5-8H2;1-2H3. The lowest BCUT2D eigenvalue weighted by molar-refractivity contribution is 0.344. The molecule has 1 N–H and O–H groups in total. The van der Waals surface area contributed by atoms with Gasteiger partial charge in [0.2, 0.25) is 0 Å². The summed E-state index contributed by atoms with van der Waals surface area (Å²) in [5.74, 6) is 0. The summed E-state index contributed by atoms with van der Waals surface area (Å²) in [6.07, 6.45) is 6.06. The molecule has 2 heterocycles. The van der Waals surface area contributed by atoms with E-state index in [2.05, 4.69) is 50.2 Å². The quantitative estimate of drug-likeness (QED) is 0.875. The smallest absolute Gasteiger partial charge is 0.0457 e. The number of aromatic nitrogens is 1. The zero-order valence-electron chi connectivity index (χ0n) is 11.9. The van der Waals surface area contributed by atoms with Crippen molar-refractivity contribution in [2.75, 3.05) is 19.6 Å². The molecule has 3 rings (SSSR count). The van der Waals surface area contributed by atoms with Gasteiger partial charge >= 0.3 is 0 Å². The summed E-state index contributed by atoms with van der Waals surface area (Å²) in [7, 11) is 0. The van der Waals surface area contributed by atoms with Gasteiger partial charge in [0.25, 0.3) is 0 Å². The van der Waals surface area contributed by atoms with Gasteiger partial charge in [0.05, 0.1) is 0 Å². The van der Waals surface area contributed by atoms with Gasteiger partial charge in [0, 0.05) is 28.1 Å². The Morgan fingerprint density at radius 2 is 1.95 bits per heavy atom. The molecule has 0 saturated carbocycles. The second kappa shape index (κ2) is 7.11. The molecule has 0 atom stereocenters. The normalized spacial score (nSPS) is 15.5. The lowest BCUT2D eigenvalue weighted by Gasteiger charge is -2.13. The van der Waals surface area contributed by atoms with Crippen molar-refractivity contribution >= 4 is 26.8 Å². The summed E-state index contributed by atoms with van der Waals surface area (Å²) >= 11 is 3.54. The van der Waals surface area contributed by atoms with E-state index in [1.807, 2.05) is 13.8 Å². The van der Waals surface area contributed by atoms with Crippen LogP contribution >= 0.6 is 15.9 Å². The van der Waals surface area contributed by atoms with E-state index in [9.17, 15) is 0 Å². The third kappa shape index (κ3) is 3.61. The van der Waals surface area contributed by atoms with Gasteiger partial charge in [-0.2, -0.15) is 0 Å². The van der Waals surface area contributed by atoms with Gasteiger partial charge in [0.1, 0.15) is 0 Å². The highest BCUT2D eigenvalue weighted by Gasteiger charge is 2.12. The lowest BCUT2D eigenvalue weighted by Crippen LogP contribution is -2.21. The molecule has 2 nitrogen and oxygen atoms in total. The summed E-state index contributed by atoms with van der Waals surface area (Å²) in [4.78, 5) is 5.92. The van der Waals surface area contributed by atoms with Crippen LogP contribution < -0.4 is 0 Å². The number of likely N-dealkylation sites (tertiary alicyclic amines) is 1. The van der Waals surface area contributed by atoms with E-state index in [-0.39, 0.29) is 0 Å². The summed E-state index contributed by atoms with van der Waals surface area (Å²) in [6.45, 7) is 7.76. The van der Waals surface area contributed by atoms with E-state index in [1.54, 1.807) is 0 Å². The Balaban J connectivity index is 0.000000637. The van der Waals surface area contributed by atoms with Crippen molar-refractivity contribution < 1.29 is 0 Å². The summed E-state index contributed by atoms with van der Waals surface area (Å²) in [5, 5.41) is 1.36. The molecular formula is C16H23BrN2. The number of rotatable bonds is 3. The van der Waals surface area contributed by atoms with Crippen molar-refractivity contribution in [3.8, 4) is 0 Å². The van der Waals surface area contributed by atoms with Crippen LogP contribution in [0.3, 0.4) is 0 Å². The van der Waals surface area contributed by atoms with Crippen LogP contribution in [0.2, 0.25) is 0 Å². The van der Waals surface area contributed by atoms with E-state index < -0.39 is 0 Å². The average Bonchev–Trinajstić information content (AvgIpc) is 3.07. The second-order valence-electron chi connectivity index (χ2n) is 4.80. The SMILES string of the molecule is Brc1ccc2[nH]cc(CCN3CCCC3)c2c1.CC. The average molecular weight is 323 g/mol. The molecular weight excluding hydrogens is 300 g/mol. The van der Waals surface area contributed by atoms with Crippen molar-refractivity contribution in [2.45, 2.75) is 33.1 Å². The largest absolute Gasteiger partial charge is 0.361 e. The lowest BCUT2D eigenvalue weighted by atomic mass is 10.1. The number of H-pyrrole nitrogens is 1. The topological polar surface area (TPSA) is 19.0 Å². The van der Waals surface area contributed by atoms with Gasteiger partial charge in [-0.1, -0.05) is 29.8 Å². The van der Waals surface area contributed by atoms with E-state index in [4.69, 9.17) is 0 Å². The molecule has 0 radical (unpaired) electrons. The Morgan fingerprint density at radius 1 is 1.21 bits per heavy atom. The van der Waals surface area contributed by atoms with E-state index >= 15 is 0 Å². The number of hydrogen-bond donors (Lipinski definition) is 1. The highest BCUT2D eigenvalue weighted by atomic mass is 79.9. The number of halogens is 1. The summed E-state index contributed by atoms with van der Waals surface area (Å²) in [5.41, 5.74) is 2.68. The Kier molecular flexibility index (Phi) is 5.46. The maximum absolute atomic E-state index is 3.54. The van der Waals surface area contributed by atoms with Crippen molar-refractivity contribution in [2.24, 2.45) is 0 Å². The fourth-order valence-electron chi connectivity index (χ4n) is 2.64. The number of fused-ring (bicyclic) bond motifs is 1. The fraction of sp³-hybridized carbons (Fsp3) is 0.500. The predicted octanol–water partition coefficient (Wildman–Crippen LogP) is 4.59. The number of hydrogen-bond acceptors (Lipinski definition) is 1. The van der Waals surface area contributed by atoms with Gasteiger partial charge in [-0.15, -0.1) is 0 Å². The molecule has 104 valence electrons. The molecule has 1 aliphatic rings. The molecule has 1 aliphatic heterocycles. The third-order valence-corrected chi connectivity index (χ3v) is 4.12. The van der Waals surface area contributed by atoms with Crippen LogP contribution in [0.15, 0.2) is 28.9 Å². The van der Waals surface area contributed by atoms with Gasteiger partial charge in [-0.05, 0) is 56.1 Å². The zero-order chi connectivity index (χ0) is 13.7. The summed E-state index contributed by atoms with van der Waals surface area (Å²) in [6, 6.07) is 6.44. The van der Waals surface area contributed by atoms with Gasteiger partial charge in [-0.3, -0.25) is 0 Å². The van der Waals surface area contributed by atoms with Crippen LogP contribution in [0, 0.1) is 0 Å². The first-order chi connectivity index (χ1) is 9.33. The Hall–Kier alpha value is -0.800. The second-order valence-corrected chi connectivity index (χ2v) is 5.72. The minimum absolute atomic E-state index is 1.15. The first kappa shape index (κ1) is 14.6. The van der Waals surface area contributed by atoms with Crippen LogP contribution in [0.5, 0.6) is 0 Å². The highest BCUT2D eigenvalue weighted by molar-refractivity contribution is 9.10. The minimum atomic E-state index is 1.15. The molecule has 19 heavy (non-hydrogen) atoms. The van der Waals surface area contributed by atoms with Crippen molar-refractivity contribution in [3.63, 3.8) is 0 Å². The molecule has 0 amide bonds. The van der Waals surface area contributed by atoms with E-state index in [0.29, 0.717) is 0 Å². The minimum Gasteiger partial charge on any atom is -0.361 e. The first-order valence-electron chi connectivity index (χ1n) is 7.31. The fourth-order valence-corrected chi connectivity index (χ4v) is 3.00. The molecule has 2 aromatic rings. The number of aromatic amines is 1. The molecule has 0 aliphatic carbocycles. The highest BCUT2D eigenvalue weighted by Crippen LogP contribution is 2.23. The monoisotopic (exact) mass is 322 g/mol. The number of nitrogens with one attached hydrogen (secondary N) is 1. The molecule has 0 bridgehead atoms. The Morgan fingerprint density at radius 3 is 2.68 bits per heavy atom. The number of benzene rings is 1.